The molecular formula is C14H17N3O3S2. The number of aromatic nitrogens is 2. The van der Waals surface area contributed by atoms with E-state index in [4.69, 9.17) is 4.74 Å². The molecule has 0 saturated carbocycles. The molecule has 1 spiro atoms. The number of hydrogen-bond acceptors (Lipinski definition) is 6. The molecule has 1 aromatic carbocycles. The van der Waals surface area contributed by atoms with Gasteiger partial charge in [0.15, 0.2) is 0 Å². The molecule has 1 atom stereocenters. The molecule has 2 aliphatic heterocycles. The Labute approximate surface area is 133 Å². The van der Waals surface area contributed by atoms with E-state index in [-0.39, 0.29) is 11.2 Å². The summed E-state index contributed by atoms with van der Waals surface area (Å²) in [5, 5.41) is 0. The summed E-state index contributed by atoms with van der Waals surface area (Å²) < 4.78 is 41.0. The van der Waals surface area contributed by atoms with E-state index in [1.807, 2.05) is 18.2 Å². The number of rotatable bonds is 3. The number of ether oxygens (including phenoxy) is 1. The third-order valence-corrected chi connectivity index (χ3v) is 7.01. The van der Waals surface area contributed by atoms with Gasteiger partial charge < -0.3 is 4.74 Å². The molecule has 1 unspecified atom stereocenters. The summed E-state index contributed by atoms with van der Waals surface area (Å²) in [7, 11) is -3.33. The van der Waals surface area contributed by atoms with Gasteiger partial charge in [-0.1, -0.05) is 12.1 Å². The zero-order valence-corrected chi connectivity index (χ0v) is 13.7. The van der Waals surface area contributed by atoms with Gasteiger partial charge in [0.2, 0.25) is 10.0 Å². The fourth-order valence-corrected chi connectivity index (χ4v) is 5.59. The molecule has 118 valence electrons. The highest BCUT2D eigenvalue weighted by Crippen LogP contribution is 2.39. The Morgan fingerprint density at radius 1 is 1.32 bits per heavy atom. The van der Waals surface area contributed by atoms with Crippen LogP contribution >= 0.6 is 11.7 Å². The average Bonchev–Trinajstić information content (AvgIpc) is 3.22. The number of nitrogens with zero attached hydrogens (tertiary/aromatic N) is 3. The van der Waals surface area contributed by atoms with Crippen molar-refractivity contribution in [2.75, 3.05) is 26.3 Å². The molecule has 8 heteroatoms. The minimum atomic E-state index is -3.33. The fraction of sp³-hybridized carbons (Fsp3) is 0.571. The maximum atomic E-state index is 12.7. The molecule has 1 aromatic heterocycles. The van der Waals surface area contributed by atoms with Crippen molar-refractivity contribution in [1.82, 2.24) is 13.1 Å². The second-order valence-electron chi connectivity index (χ2n) is 6.19. The SMILES string of the molecule is O=S(=O)(Cc1cccc2nsnc12)N1CCC2(CCOC2)C1. The number of hydrogen-bond donors (Lipinski definition) is 0. The zero-order valence-electron chi connectivity index (χ0n) is 12.1. The summed E-state index contributed by atoms with van der Waals surface area (Å²) >= 11 is 1.12. The van der Waals surface area contributed by atoms with Crippen molar-refractivity contribution < 1.29 is 13.2 Å². The van der Waals surface area contributed by atoms with Crippen molar-refractivity contribution in [3.05, 3.63) is 23.8 Å². The van der Waals surface area contributed by atoms with Crippen LogP contribution in [-0.2, 0) is 20.5 Å². The molecule has 4 rings (SSSR count). The van der Waals surface area contributed by atoms with Gasteiger partial charge in [-0.3, -0.25) is 0 Å². The fourth-order valence-electron chi connectivity index (χ4n) is 3.37. The quantitative estimate of drug-likeness (QED) is 0.850. The van der Waals surface area contributed by atoms with Gasteiger partial charge >= 0.3 is 0 Å². The first-order chi connectivity index (χ1) is 10.6. The third kappa shape index (κ3) is 2.44. The van der Waals surface area contributed by atoms with Crippen LogP contribution in [0, 0.1) is 5.41 Å². The molecule has 0 aliphatic carbocycles. The van der Waals surface area contributed by atoms with Crippen LogP contribution < -0.4 is 0 Å². The zero-order chi connectivity index (χ0) is 15.2. The van der Waals surface area contributed by atoms with Crippen LogP contribution in [0.5, 0.6) is 0 Å². The maximum Gasteiger partial charge on any atom is 0.218 e. The lowest BCUT2D eigenvalue weighted by Crippen LogP contribution is -2.33. The summed E-state index contributed by atoms with van der Waals surface area (Å²) in [4.78, 5) is 0. The van der Waals surface area contributed by atoms with Gasteiger partial charge in [0, 0.05) is 25.1 Å². The maximum absolute atomic E-state index is 12.7. The highest BCUT2D eigenvalue weighted by Gasteiger charge is 2.44. The molecular weight excluding hydrogens is 322 g/mol. The first kappa shape index (κ1) is 14.5. The van der Waals surface area contributed by atoms with Crippen molar-refractivity contribution in [3.8, 4) is 0 Å². The Morgan fingerprint density at radius 2 is 2.23 bits per heavy atom. The first-order valence-electron chi connectivity index (χ1n) is 7.34. The van der Waals surface area contributed by atoms with Gasteiger partial charge in [-0.15, -0.1) is 0 Å². The van der Waals surface area contributed by atoms with Crippen molar-refractivity contribution in [3.63, 3.8) is 0 Å². The van der Waals surface area contributed by atoms with Crippen LogP contribution in [0.1, 0.15) is 18.4 Å². The highest BCUT2D eigenvalue weighted by atomic mass is 32.2. The van der Waals surface area contributed by atoms with Crippen LogP contribution in [0.25, 0.3) is 11.0 Å². The second-order valence-corrected chi connectivity index (χ2v) is 8.69. The molecule has 2 fully saturated rings. The summed E-state index contributed by atoms with van der Waals surface area (Å²) in [5.74, 6) is -0.00725. The van der Waals surface area contributed by atoms with E-state index in [2.05, 4.69) is 8.75 Å². The largest absolute Gasteiger partial charge is 0.381 e. The first-order valence-corrected chi connectivity index (χ1v) is 9.68. The van der Waals surface area contributed by atoms with Gasteiger partial charge in [0.05, 0.1) is 24.1 Å². The molecule has 22 heavy (non-hydrogen) atoms. The summed E-state index contributed by atoms with van der Waals surface area (Å²) in [6, 6.07) is 5.52. The van der Waals surface area contributed by atoms with E-state index in [0.717, 1.165) is 42.3 Å². The van der Waals surface area contributed by atoms with Gasteiger partial charge in [-0.2, -0.15) is 8.75 Å². The second kappa shape index (κ2) is 5.23. The summed E-state index contributed by atoms with van der Waals surface area (Å²) in [6.45, 7) is 2.61. The Balaban J connectivity index is 1.58. The number of sulfonamides is 1. The van der Waals surface area contributed by atoms with Gasteiger partial charge in [0.25, 0.3) is 0 Å². The predicted octanol–water partition coefficient (Wildman–Crippen LogP) is 1.63. The standard InChI is InChI=1S/C14H17N3O3S2/c18-22(19,17-6-4-14(9-17)5-7-20-10-14)8-11-2-1-3-12-13(11)16-21-15-12/h1-3H,4-10H2. The minimum absolute atomic E-state index is 0.00725. The van der Waals surface area contributed by atoms with Crippen molar-refractivity contribution in [2.24, 2.45) is 5.41 Å². The molecule has 0 radical (unpaired) electrons. The van der Waals surface area contributed by atoms with Crippen LogP contribution in [0.3, 0.4) is 0 Å². The Hall–Kier alpha value is -1.09. The number of fused-ring (bicyclic) bond motifs is 1. The average molecular weight is 339 g/mol. The molecule has 0 amide bonds. The lowest BCUT2D eigenvalue weighted by Gasteiger charge is -2.21. The highest BCUT2D eigenvalue weighted by molar-refractivity contribution is 7.88. The van der Waals surface area contributed by atoms with E-state index in [1.165, 1.54) is 0 Å². The van der Waals surface area contributed by atoms with E-state index < -0.39 is 10.0 Å². The van der Waals surface area contributed by atoms with Crippen LogP contribution in [0.2, 0.25) is 0 Å². The van der Waals surface area contributed by atoms with Crippen molar-refractivity contribution >= 4 is 32.8 Å². The number of benzene rings is 1. The molecule has 2 aliphatic rings. The molecule has 3 heterocycles. The Morgan fingerprint density at radius 3 is 3.05 bits per heavy atom. The molecule has 6 nitrogen and oxygen atoms in total. The normalized spacial score (nSPS) is 26.4. The monoisotopic (exact) mass is 339 g/mol. The van der Waals surface area contributed by atoms with E-state index in [0.29, 0.717) is 25.2 Å². The van der Waals surface area contributed by atoms with Crippen molar-refractivity contribution in [1.29, 1.82) is 0 Å². The van der Waals surface area contributed by atoms with Crippen LogP contribution in [-0.4, -0.2) is 47.8 Å². The van der Waals surface area contributed by atoms with E-state index in [9.17, 15) is 8.42 Å². The minimum Gasteiger partial charge on any atom is -0.381 e. The van der Waals surface area contributed by atoms with E-state index in [1.54, 1.807) is 4.31 Å². The molecule has 2 aromatic rings. The Kier molecular flexibility index (Phi) is 3.44. The van der Waals surface area contributed by atoms with Gasteiger partial charge in [-0.25, -0.2) is 12.7 Å². The van der Waals surface area contributed by atoms with Crippen LogP contribution in [0.4, 0.5) is 0 Å². The van der Waals surface area contributed by atoms with Gasteiger partial charge in [-0.05, 0) is 24.5 Å². The topological polar surface area (TPSA) is 72.4 Å². The molecule has 0 bridgehead atoms. The summed E-state index contributed by atoms with van der Waals surface area (Å²) in [5.41, 5.74) is 2.24. The lowest BCUT2D eigenvalue weighted by molar-refractivity contribution is 0.157. The third-order valence-electron chi connectivity index (χ3n) is 4.69. The molecule has 2 saturated heterocycles. The predicted molar refractivity (Wildman–Crippen MR) is 84.1 cm³/mol. The van der Waals surface area contributed by atoms with Crippen LogP contribution in [0.15, 0.2) is 18.2 Å². The smallest absolute Gasteiger partial charge is 0.218 e. The van der Waals surface area contributed by atoms with E-state index >= 15 is 0 Å². The van der Waals surface area contributed by atoms with Crippen molar-refractivity contribution in [2.45, 2.75) is 18.6 Å². The lowest BCUT2D eigenvalue weighted by atomic mass is 9.87. The Bertz CT molecular complexity index is 797. The summed E-state index contributed by atoms with van der Waals surface area (Å²) in [6.07, 6.45) is 1.86. The molecule has 0 N–H and O–H groups in total. The van der Waals surface area contributed by atoms with Gasteiger partial charge in [0.1, 0.15) is 11.0 Å².